The maximum Gasteiger partial charge on any atom is 0.137 e. The van der Waals surface area contributed by atoms with Crippen LogP contribution in [0.2, 0.25) is 0 Å². The minimum atomic E-state index is 0.493. The molecule has 15 heavy (non-hydrogen) atoms. The van der Waals surface area contributed by atoms with Crippen LogP contribution in [0, 0.1) is 0 Å². The summed E-state index contributed by atoms with van der Waals surface area (Å²) in [5.74, 6) is 1.06. The van der Waals surface area contributed by atoms with E-state index in [1.165, 1.54) is 5.56 Å². The molecule has 0 atom stereocenters. The first-order chi connectivity index (χ1) is 7.08. The Kier molecular flexibility index (Phi) is 2.51. The minimum absolute atomic E-state index is 0.493. The SMILES string of the molecule is CC(C)c1ccn2cc(C(C)C)nc2c1. The summed E-state index contributed by atoms with van der Waals surface area (Å²) in [6.07, 6.45) is 4.22. The third-order valence-corrected chi connectivity index (χ3v) is 2.76. The first-order valence-electron chi connectivity index (χ1n) is 5.56. The van der Waals surface area contributed by atoms with Gasteiger partial charge in [0.25, 0.3) is 0 Å². The zero-order chi connectivity index (χ0) is 11.0. The fourth-order valence-electron chi connectivity index (χ4n) is 1.65. The molecule has 2 nitrogen and oxygen atoms in total. The molecule has 2 aromatic rings. The van der Waals surface area contributed by atoms with Gasteiger partial charge < -0.3 is 4.40 Å². The molecule has 2 heteroatoms. The molecule has 0 fully saturated rings. The molecule has 0 amide bonds. The second kappa shape index (κ2) is 3.69. The molecule has 0 aliphatic carbocycles. The van der Waals surface area contributed by atoms with Gasteiger partial charge in [0, 0.05) is 12.4 Å². The largest absolute Gasteiger partial charge is 0.307 e. The van der Waals surface area contributed by atoms with E-state index >= 15 is 0 Å². The van der Waals surface area contributed by atoms with Crippen molar-refractivity contribution < 1.29 is 0 Å². The van der Waals surface area contributed by atoms with Crippen LogP contribution < -0.4 is 0 Å². The molecule has 2 aromatic heterocycles. The Morgan fingerprint density at radius 2 is 1.87 bits per heavy atom. The topological polar surface area (TPSA) is 17.3 Å². The maximum atomic E-state index is 4.62. The average molecular weight is 202 g/mol. The van der Waals surface area contributed by atoms with Crippen LogP contribution in [0.1, 0.15) is 50.8 Å². The van der Waals surface area contributed by atoms with E-state index in [1.807, 2.05) is 0 Å². The third kappa shape index (κ3) is 1.89. The summed E-state index contributed by atoms with van der Waals surface area (Å²) < 4.78 is 2.10. The standard InChI is InChI=1S/C13H18N2/c1-9(2)11-5-6-15-8-12(10(3)4)14-13(15)7-11/h5-10H,1-4H3. The van der Waals surface area contributed by atoms with E-state index in [0.717, 1.165) is 11.3 Å². The van der Waals surface area contributed by atoms with E-state index in [-0.39, 0.29) is 0 Å². The van der Waals surface area contributed by atoms with Gasteiger partial charge in [0.2, 0.25) is 0 Å². The lowest BCUT2D eigenvalue weighted by Gasteiger charge is -2.04. The zero-order valence-electron chi connectivity index (χ0n) is 9.86. The van der Waals surface area contributed by atoms with Gasteiger partial charge in [-0.15, -0.1) is 0 Å². The number of aromatic nitrogens is 2. The summed E-state index contributed by atoms with van der Waals surface area (Å²) in [6.45, 7) is 8.76. The Hall–Kier alpha value is -1.31. The number of imidazole rings is 1. The molecule has 0 aromatic carbocycles. The molecular formula is C13H18N2. The van der Waals surface area contributed by atoms with Gasteiger partial charge in [0.15, 0.2) is 0 Å². The van der Waals surface area contributed by atoms with Crippen molar-refractivity contribution in [3.8, 4) is 0 Å². The Morgan fingerprint density at radius 3 is 2.47 bits per heavy atom. The number of nitrogens with zero attached hydrogens (tertiary/aromatic N) is 2. The smallest absolute Gasteiger partial charge is 0.137 e. The van der Waals surface area contributed by atoms with E-state index in [4.69, 9.17) is 0 Å². The monoisotopic (exact) mass is 202 g/mol. The number of hydrogen-bond donors (Lipinski definition) is 0. The average Bonchev–Trinajstić information content (AvgIpc) is 2.59. The van der Waals surface area contributed by atoms with Gasteiger partial charge in [-0.2, -0.15) is 0 Å². The molecule has 80 valence electrons. The Labute approximate surface area is 91.0 Å². The molecule has 0 aliphatic rings. The Morgan fingerprint density at radius 1 is 1.13 bits per heavy atom. The van der Waals surface area contributed by atoms with Crippen molar-refractivity contribution in [1.29, 1.82) is 0 Å². The molecule has 0 saturated heterocycles. The highest BCUT2D eigenvalue weighted by Gasteiger charge is 2.06. The van der Waals surface area contributed by atoms with Crippen LogP contribution in [0.3, 0.4) is 0 Å². The lowest BCUT2D eigenvalue weighted by molar-refractivity contribution is 0.834. The second-order valence-electron chi connectivity index (χ2n) is 4.70. The number of hydrogen-bond acceptors (Lipinski definition) is 1. The molecule has 2 heterocycles. The Balaban J connectivity index is 2.52. The third-order valence-electron chi connectivity index (χ3n) is 2.76. The van der Waals surface area contributed by atoms with Crippen molar-refractivity contribution in [3.05, 3.63) is 35.8 Å². The highest BCUT2D eigenvalue weighted by Crippen LogP contribution is 2.19. The van der Waals surface area contributed by atoms with E-state index in [9.17, 15) is 0 Å². The summed E-state index contributed by atoms with van der Waals surface area (Å²) >= 11 is 0. The van der Waals surface area contributed by atoms with Crippen LogP contribution in [-0.4, -0.2) is 9.38 Å². The van der Waals surface area contributed by atoms with Crippen molar-refractivity contribution in [1.82, 2.24) is 9.38 Å². The highest BCUT2D eigenvalue weighted by molar-refractivity contribution is 5.44. The van der Waals surface area contributed by atoms with Gasteiger partial charge in [0.1, 0.15) is 5.65 Å². The van der Waals surface area contributed by atoms with Gasteiger partial charge in [0.05, 0.1) is 5.69 Å². The van der Waals surface area contributed by atoms with Crippen LogP contribution in [-0.2, 0) is 0 Å². The number of fused-ring (bicyclic) bond motifs is 1. The molecule has 0 radical (unpaired) electrons. The Bertz CT molecular complexity index is 460. The minimum Gasteiger partial charge on any atom is -0.307 e. The first-order valence-corrected chi connectivity index (χ1v) is 5.56. The van der Waals surface area contributed by atoms with Crippen molar-refractivity contribution in [2.75, 3.05) is 0 Å². The van der Waals surface area contributed by atoms with Crippen LogP contribution in [0.5, 0.6) is 0 Å². The quantitative estimate of drug-likeness (QED) is 0.727. The normalized spacial score (nSPS) is 11.9. The van der Waals surface area contributed by atoms with Crippen LogP contribution >= 0.6 is 0 Å². The van der Waals surface area contributed by atoms with Gasteiger partial charge in [-0.05, 0) is 29.5 Å². The van der Waals surface area contributed by atoms with Crippen molar-refractivity contribution in [2.45, 2.75) is 39.5 Å². The van der Waals surface area contributed by atoms with Gasteiger partial charge in [-0.3, -0.25) is 0 Å². The van der Waals surface area contributed by atoms with Crippen LogP contribution in [0.15, 0.2) is 24.5 Å². The predicted octanol–water partition coefficient (Wildman–Crippen LogP) is 3.58. The fraction of sp³-hybridized carbons (Fsp3) is 0.462. The maximum absolute atomic E-state index is 4.62. The first kappa shape index (κ1) is 10.2. The van der Waals surface area contributed by atoms with E-state index < -0.39 is 0 Å². The molecule has 2 rings (SSSR count). The number of pyridine rings is 1. The molecular weight excluding hydrogens is 184 g/mol. The summed E-state index contributed by atoms with van der Waals surface area (Å²) in [5.41, 5.74) is 3.57. The fourth-order valence-corrected chi connectivity index (χ4v) is 1.65. The summed E-state index contributed by atoms with van der Waals surface area (Å²) in [6, 6.07) is 4.35. The summed E-state index contributed by atoms with van der Waals surface area (Å²) in [4.78, 5) is 4.62. The molecule has 0 bridgehead atoms. The van der Waals surface area contributed by atoms with Gasteiger partial charge >= 0.3 is 0 Å². The summed E-state index contributed by atoms with van der Waals surface area (Å²) in [7, 11) is 0. The molecule has 0 N–H and O–H groups in total. The van der Waals surface area contributed by atoms with Crippen molar-refractivity contribution >= 4 is 5.65 Å². The molecule has 0 spiro atoms. The van der Waals surface area contributed by atoms with Crippen LogP contribution in [0.25, 0.3) is 5.65 Å². The molecule has 0 aliphatic heterocycles. The lowest BCUT2D eigenvalue weighted by atomic mass is 10.1. The van der Waals surface area contributed by atoms with Crippen molar-refractivity contribution in [3.63, 3.8) is 0 Å². The zero-order valence-corrected chi connectivity index (χ0v) is 9.86. The van der Waals surface area contributed by atoms with Gasteiger partial charge in [-0.1, -0.05) is 27.7 Å². The van der Waals surface area contributed by atoms with E-state index in [1.54, 1.807) is 0 Å². The lowest BCUT2D eigenvalue weighted by Crippen LogP contribution is -1.90. The summed E-state index contributed by atoms with van der Waals surface area (Å²) in [5, 5.41) is 0. The highest BCUT2D eigenvalue weighted by atomic mass is 15.0. The molecule has 0 unspecified atom stereocenters. The van der Waals surface area contributed by atoms with Crippen LogP contribution in [0.4, 0.5) is 0 Å². The predicted molar refractivity (Wildman–Crippen MR) is 63.4 cm³/mol. The van der Waals surface area contributed by atoms with E-state index in [0.29, 0.717) is 11.8 Å². The second-order valence-corrected chi connectivity index (χ2v) is 4.70. The van der Waals surface area contributed by atoms with Crippen molar-refractivity contribution in [2.24, 2.45) is 0 Å². The molecule has 0 saturated carbocycles. The van der Waals surface area contributed by atoms with Gasteiger partial charge in [-0.25, -0.2) is 4.98 Å². The number of rotatable bonds is 2. The van der Waals surface area contributed by atoms with E-state index in [2.05, 4.69) is 61.6 Å².